The lowest BCUT2D eigenvalue weighted by molar-refractivity contribution is 0.0945. The number of nitrogens with one attached hydrogen (secondary N) is 1. The van der Waals surface area contributed by atoms with E-state index >= 15 is 0 Å². The van der Waals surface area contributed by atoms with Gasteiger partial charge in [0.25, 0.3) is 5.91 Å². The molecule has 0 aliphatic carbocycles. The van der Waals surface area contributed by atoms with Crippen molar-refractivity contribution >= 4 is 33.7 Å². The van der Waals surface area contributed by atoms with E-state index in [0.717, 1.165) is 16.6 Å². The molecule has 0 fully saturated rings. The number of amides is 1. The first-order chi connectivity index (χ1) is 12.2. The molecule has 5 nitrogen and oxygen atoms in total. The van der Waals surface area contributed by atoms with Crippen LogP contribution in [0.15, 0.2) is 65.8 Å². The summed E-state index contributed by atoms with van der Waals surface area (Å²) in [5.41, 5.74) is 1.91. The molecule has 0 aliphatic rings. The van der Waals surface area contributed by atoms with Crippen LogP contribution in [0.5, 0.6) is 0 Å². The minimum Gasteiger partial charge on any atom is -0.444 e. The molecule has 0 spiro atoms. The lowest BCUT2D eigenvalue weighted by atomic mass is 10.0. The second-order valence-electron chi connectivity index (χ2n) is 5.61. The lowest BCUT2D eigenvalue weighted by Gasteiger charge is -2.07. The summed E-state index contributed by atoms with van der Waals surface area (Å²) in [6.45, 7) is 3.87. The maximum Gasteiger partial charge on any atom is 0.273 e. The largest absolute Gasteiger partial charge is 0.444 e. The van der Waals surface area contributed by atoms with E-state index in [-0.39, 0.29) is 11.6 Å². The monoisotopic (exact) mass is 329 g/mol. The average molecular weight is 329 g/mol. The third-order valence-corrected chi connectivity index (χ3v) is 4.01. The molecular weight excluding hydrogens is 314 g/mol. The van der Waals surface area contributed by atoms with E-state index in [4.69, 9.17) is 4.42 Å². The van der Waals surface area contributed by atoms with Gasteiger partial charge in [-0.05, 0) is 29.0 Å². The smallest absolute Gasteiger partial charge is 0.273 e. The molecule has 0 bridgehead atoms. The van der Waals surface area contributed by atoms with Gasteiger partial charge in [-0.3, -0.25) is 9.78 Å². The van der Waals surface area contributed by atoms with E-state index in [1.807, 2.05) is 30.3 Å². The summed E-state index contributed by atoms with van der Waals surface area (Å²) < 4.78 is 5.08. The Bertz CT molecular complexity index is 1100. The van der Waals surface area contributed by atoms with Crippen molar-refractivity contribution in [1.82, 2.24) is 15.3 Å². The van der Waals surface area contributed by atoms with Crippen molar-refractivity contribution in [1.29, 1.82) is 0 Å². The lowest BCUT2D eigenvalue weighted by Crippen LogP contribution is -2.23. The van der Waals surface area contributed by atoms with E-state index in [1.165, 1.54) is 23.1 Å². The van der Waals surface area contributed by atoms with Gasteiger partial charge in [-0.25, -0.2) is 4.98 Å². The van der Waals surface area contributed by atoms with Crippen LogP contribution in [0.4, 0.5) is 0 Å². The molecule has 0 radical (unpaired) electrons. The summed E-state index contributed by atoms with van der Waals surface area (Å²) >= 11 is 0. The van der Waals surface area contributed by atoms with Crippen molar-refractivity contribution < 1.29 is 9.21 Å². The fourth-order valence-corrected chi connectivity index (χ4v) is 2.77. The van der Waals surface area contributed by atoms with Crippen molar-refractivity contribution in [3.63, 3.8) is 0 Å². The van der Waals surface area contributed by atoms with E-state index in [1.54, 1.807) is 0 Å². The van der Waals surface area contributed by atoms with Crippen molar-refractivity contribution in [2.75, 3.05) is 0 Å². The summed E-state index contributed by atoms with van der Waals surface area (Å²) in [6, 6.07) is 16.2. The molecule has 2 aromatic heterocycles. The third kappa shape index (κ3) is 2.87. The highest BCUT2D eigenvalue weighted by Gasteiger charge is 2.11. The molecule has 0 unspecified atom stereocenters. The van der Waals surface area contributed by atoms with E-state index in [0.29, 0.717) is 12.4 Å². The number of fused-ring (bicyclic) bond motifs is 3. The molecule has 2 aromatic carbocycles. The predicted octanol–water partition coefficient (Wildman–Crippen LogP) is 3.95. The number of nitrogens with zero attached hydrogens (tertiary/aromatic N) is 2. The zero-order chi connectivity index (χ0) is 17.2. The average Bonchev–Trinajstić information content (AvgIpc) is 3.15. The second-order valence-corrected chi connectivity index (χ2v) is 5.61. The number of oxazole rings is 1. The second kappa shape index (κ2) is 6.20. The summed E-state index contributed by atoms with van der Waals surface area (Å²) in [7, 11) is 0. The number of aromatic nitrogens is 2. The van der Waals surface area contributed by atoms with Crippen LogP contribution < -0.4 is 5.32 Å². The Balaban J connectivity index is 1.56. The molecule has 2 heterocycles. The summed E-state index contributed by atoms with van der Waals surface area (Å²) in [4.78, 5) is 20.7. The van der Waals surface area contributed by atoms with Crippen LogP contribution >= 0.6 is 0 Å². The Morgan fingerprint density at radius 1 is 1.08 bits per heavy atom. The number of benzene rings is 2. The normalized spacial score (nSPS) is 10.9. The Morgan fingerprint density at radius 3 is 2.80 bits per heavy atom. The fraction of sp³-hybridized carbons (Fsp3) is 0.0500. The minimum absolute atomic E-state index is 0.224. The molecule has 4 aromatic rings. The number of hydrogen-bond acceptors (Lipinski definition) is 4. The molecule has 0 aliphatic heterocycles. The van der Waals surface area contributed by atoms with Gasteiger partial charge in [0.1, 0.15) is 6.26 Å². The number of pyridine rings is 1. The Morgan fingerprint density at radius 2 is 1.96 bits per heavy atom. The fourth-order valence-electron chi connectivity index (χ4n) is 2.77. The van der Waals surface area contributed by atoms with Gasteiger partial charge >= 0.3 is 0 Å². The van der Waals surface area contributed by atoms with Gasteiger partial charge in [0.15, 0.2) is 5.69 Å². The van der Waals surface area contributed by atoms with Crippen LogP contribution in [0.3, 0.4) is 0 Å². The molecule has 0 saturated carbocycles. The van der Waals surface area contributed by atoms with Gasteiger partial charge in [0.05, 0.1) is 17.8 Å². The zero-order valence-electron chi connectivity index (χ0n) is 13.4. The van der Waals surface area contributed by atoms with E-state index in [9.17, 15) is 4.79 Å². The number of rotatable bonds is 4. The van der Waals surface area contributed by atoms with Gasteiger partial charge in [-0.15, -0.1) is 0 Å². The molecule has 1 N–H and O–H groups in total. The highest BCUT2D eigenvalue weighted by molar-refractivity contribution is 6.06. The van der Waals surface area contributed by atoms with Crippen LogP contribution in [0.25, 0.3) is 27.8 Å². The molecule has 4 rings (SSSR count). The number of carbonyl (C=O) groups excluding carboxylic acids is 1. The SMILES string of the molecule is C=Cc1nc(C(=O)NCc2ccc3c(ccc4ccccc43)n2)co1. The highest BCUT2D eigenvalue weighted by Crippen LogP contribution is 2.24. The minimum atomic E-state index is -0.308. The zero-order valence-corrected chi connectivity index (χ0v) is 13.4. The van der Waals surface area contributed by atoms with Gasteiger partial charge < -0.3 is 9.73 Å². The highest BCUT2D eigenvalue weighted by atomic mass is 16.3. The van der Waals surface area contributed by atoms with E-state index < -0.39 is 0 Å². The summed E-state index contributed by atoms with van der Waals surface area (Å²) in [6.07, 6.45) is 2.76. The van der Waals surface area contributed by atoms with Crippen LogP contribution in [0.1, 0.15) is 22.1 Å². The first kappa shape index (κ1) is 15.1. The van der Waals surface area contributed by atoms with Crippen molar-refractivity contribution in [3.8, 4) is 0 Å². The van der Waals surface area contributed by atoms with Crippen molar-refractivity contribution in [3.05, 3.63) is 78.7 Å². The van der Waals surface area contributed by atoms with Crippen LogP contribution in [-0.4, -0.2) is 15.9 Å². The topological polar surface area (TPSA) is 68.0 Å². The summed E-state index contributed by atoms with van der Waals surface area (Å²) in [5.74, 6) is 0.0121. The van der Waals surface area contributed by atoms with Gasteiger partial charge in [-0.2, -0.15) is 0 Å². The number of hydrogen-bond donors (Lipinski definition) is 1. The predicted molar refractivity (Wildman–Crippen MR) is 97.0 cm³/mol. The standard InChI is InChI=1S/C20H15N3O2/c1-2-19-23-18(12-25-19)20(24)21-11-14-8-9-16-15-6-4-3-5-13(15)7-10-17(16)22-14/h2-10,12H,1,11H2,(H,21,24). The van der Waals surface area contributed by atoms with Gasteiger partial charge in [0.2, 0.25) is 5.89 Å². The Kier molecular flexibility index (Phi) is 3.74. The molecule has 0 saturated heterocycles. The molecule has 5 heteroatoms. The maximum absolute atomic E-state index is 12.1. The third-order valence-electron chi connectivity index (χ3n) is 4.01. The molecule has 1 amide bonds. The van der Waals surface area contributed by atoms with Crippen LogP contribution in [0, 0.1) is 0 Å². The molecule has 122 valence electrons. The summed E-state index contributed by atoms with van der Waals surface area (Å²) in [5, 5.41) is 6.25. The van der Waals surface area contributed by atoms with E-state index in [2.05, 4.69) is 40.1 Å². The number of carbonyl (C=O) groups is 1. The molecule has 25 heavy (non-hydrogen) atoms. The van der Waals surface area contributed by atoms with Crippen LogP contribution in [-0.2, 0) is 6.54 Å². The van der Waals surface area contributed by atoms with Crippen LogP contribution in [0.2, 0.25) is 0 Å². The molecule has 0 atom stereocenters. The van der Waals surface area contributed by atoms with Crippen molar-refractivity contribution in [2.45, 2.75) is 6.54 Å². The first-order valence-electron chi connectivity index (χ1n) is 7.88. The van der Waals surface area contributed by atoms with Gasteiger partial charge in [0, 0.05) is 5.39 Å². The maximum atomic E-state index is 12.1. The quantitative estimate of drug-likeness (QED) is 0.576. The Labute approximate surface area is 144 Å². The molecular formula is C20H15N3O2. The van der Waals surface area contributed by atoms with Crippen molar-refractivity contribution in [2.24, 2.45) is 0 Å². The van der Waals surface area contributed by atoms with Gasteiger partial charge in [-0.1, -0.05) is 43.0 Å². The first-order valence-corrected chi connectivity index (χ1v) is 7.88. The Hall–Kier alpha value is -3.47.